The zero-order valence-corrected chi connectivity index (χ0v) is 20.6. The summed E-state index contributed by atoms with van der Waals surface area (Å²) in [4.78, 5) is 17.9. The first-order valence-corrected chi connectivity index (χ1v) is 12.1. The third-order valence-electron chi connectivity index (χ3n) is 6.23. The van der Waals surface area contributed by atoms with E-state index in [0.29, 0.717) is 30.8 Å². The maximum absolute atomic E-state index is 13.0. The van der Waals surface area contributed by atoms with Crippen LogP contribution in [-0.4, -0.2) is 22.4 Å². The van der Waals surface area contributed by atoms with Gasteiger partial charge in [-0.15, -0.1) is 0 Å². The van der Waals surface area contributed by atoms with Crippen LogP contribution in [0, 0.1) is 0 Å². The molecule has 2 heterocycles. The summed E-state index contributed by atoms with van der Waals surface area (Å²) in [7, 11) is 1.65. The number of carbonyl (C=O) groups excluding carboxylic acids is 1. The highest BCUT2D eigenvalue weighted by Crippen LogP contribution is 2.31. The lowest BCUT2D eigenvalue weighted by Crippen LogP contribution is -2.23. The Labute approximate surface area is 215 Å². The highest BCUT2D eigenvalue weighted by molar-refractivity contribution is 5.95. The average molecular weight is 492 g/mol. The number of nitrogens with zero attached hydrogens (tertiary/aromatic N) is 2. The van der Waals surface area contributed by atoms with Gasteiger partial charge in [-0.1, -0.05) is 54.6 Å². The summed E-state index contributed by atoms with van der Waals surface area (Å²) in [6.07, 6.45) is 1.88. The summed E-state index contributed by atoms with van der Waals surface area (Å²) < 4.78 is 7.29. The van der Waals surface area contributed by atoms with Crippen molar-refractivity contribution in [1.82, 2.24) is 14.7 Å². The lowest BCUT2D eigenvalue weighted by atomic mass is 10.1. The number of hydrogen-bond donors (Lipinski definition) is 3. The smallest absolute Gasteiger partial charge is 0.251 e. The summed E-state index contributed by atoms with van der Waals surface area (Å²) in [6.45, 7) is 1.53. The van der Waals surface area contributed by atoms with Gasteiger partial charge in [-0.2, -0.15) is 0 Å². The number of nitrogens with one attached hydrogen (secondary N) is 2. The molecule has 7 heteroatoms. The van der Waals surface area contributed by atoms with Crippen LogP contribution < -0.4 is 21.1 Å². The minimum absolute atomic E-state index is 0.159. The molecule has 0 atom stereocenters. The number of benzene rings is 3. The molecule has 0 spiro atoms. The van der Waals surface area contributed by atoms with E-state index in [4.69, 9.17) is 15.5 Å². The third-order valence-corrected chi connectivity index (χ3v) is 6.23. The number of nitrogens with two attached hydrogens (primary N) is 1. The van der Waals surface area contributed by atoms with E-state index in [1.807, 2.05) is 89.5 Å². The van der Waals surface area contributed by atoms with Crippen LogP contribution in [0.2, 0.25) is 0 Å². The molecular weight excluding hydrogens is 462 g/mol. The average Bonchev–Trinajstić information content (AvgIpc) is 3.33. The molecule has 0 aliphatic carbocycles. The molecule has 2 aromatic heterocycles. The second-order valence-electron chi connectivity index (χ2n) is 8.73. The fraction of sp³-hybridized carbons (Fsp3) is 0.133. The quantitative estimate of drug-likeness (QED) is 0.269. The number of carbonyl (C=O) groups is 1. The third kappa shape index (κ3) is 5.47. The minimum atomic E-state index is -0.159. The van der Waals surface area contributed by atoms with Crippen LogP contribution in [0.5, 0.6) is 5.75 Å². The highest BCUT2D eigenvalue weighted by Gasteiger charge is 2.16. The monoisotopic (exact) mass is 491 g/mol. The molecule has 0 unspecified atom stereocenters. The van der Waals surface area contributed by atoms with Crippen LogP contribution in [0.25, 0.3) is 16.9 Å². The predicted octanol–water partition coefficient (Wildman–Crippen LogP) is 5.01. The number of aromatic nitrogens is 2. The summed E-state index contributed by atoms with van der Waals surface area (Å²) in [6, 6.07) is 29.5. The topological polar surface area (TPSA) is 93.7 Å². The Kier molecular flexibility index (Phi) is 7.14. The van der Waals surface area contributed by atoms with Gasteiger partial charge in [-0.3, -0.25) is 9.20 Å². The Bertz CT molecular complexity index is 1510. The van der Waals surface area contributed by atoms with Crippen LogP contribution >= 0.6 is 0 Å². The number of fused-ring (bicyclic) bond motifs is 1. The van der Waals surface area contributed by atoms with Crippen molar-refractivity contribution in [2.45, 2.75) is 19.6 Å². The Morgan fingerprint density at radius 1 is 0.892 bits per heavy atom. The maximum Gasteiger partial charge on any atom is 0.251 e. The van der Waals surface area contributed by atoms with Gasteiger partial charge in [0, 0.05) is 37.0 Å². The lowest BCUT2D eigenvalue weighted by molar-refractivity contribution is 0.0951. The van der Waals surface area contributed by atoms with Gasteiger partial charge in [0.2, 0.25) is 0 Å². The molecule has 0 radical (unpaired) electrons. The number of anilines is 1. The molecule has 7 nitrogen and oxygen atoms in total. The first-order valence-electron chi connectivity index (χ1n) is 12.1. The van der Waals surface area contributed by atoms with E-state index in [1.165, 1.54) is 0 Å². The number of rotatable bonds is 9. The summed E-state index contributed by atoms with van der Waals surface area (Å²) in [5, 5.41) is 6.54. The number of amides is 1. The summed E-state index contributed by atoms with van der Waals surface area (Å²) in [5.41, 5.74) is 11.9. The maximum atomic E-state index is 13.0. The van der Waals surface area contributed by atoms with Crippen molar-refractivity contribution in [1.29, 1.82) is 0 Å². The molecule has 37 heavy (non-hydrogen) atoms. The van der Waals surface area contributed by atoms with Crippen LogP contribution in [0.3, 0.4) is 0 Å². The molecule has 4 N–H and O–H groups in total. The molecule has 3 aromatic carbocycles. The summed E-state index contributed by atoms with van der Waals surface area (Å²) in [5.74, 6) is 1.48. The Hall–Kier alpha value is -4.62. The standard InChI is InChI=1S/C30H29N5O2/c1-37-26-12-10-24(11-13-26)28-29(32-19-21-6-3-2-4-7-21)35-15-14-25(17-27(35)34-28)30(36)33-20-23-9-5-8-22(16-23)18-31/h2-17,32H,18-20,31H2,1H3,(H,33,36). The molecule has 0 aliphatic heterocycles. The van der Waals surface area contributed by atoms with E-state index in [9.17, 15) is 4.79 Å². The van der Waals surface area contributed by atoms with Gasteiger partial charge in [-0.05, 0) is 53.1 Å². The van der Waals surface area contributed by atoms with E-state index in [1.54, 1.807) is 7.11 Å². The fourth-order valence-electron chi connectivity index (χ4n) is 4.24. The van der Waals surface area contributed by atoms with Gasteiger partial charge in [0.15, 0.2) is 0 Å². The van der Waals surface area contributed by atoms with Crippen LogP contribution in [-0.2, 0) is 19.6 Å². The SMILES string of the molecule is COc1ccc(-c2nc3cc(C(=O)NCc4cccc(CN)c4)ccn3c2NCc2ccccc2)cc1. The molecule has 0 saturated carbocycles. The first kappa shape index (κ1) is 24.1. The van der Waals surface area contributed by atoms with Gasteiger partial charge >= 0.3 is 0 Å². The molecule has 0 aliphatic rings. The fourth-order valence-corrected chi connectivity index (χ4v) is 4.24. The predicted molar refractivity (Wildman–Crippen MR) is 146 cm³/mol. The largest absolute Gasteiger partial charge is 0.497 e. The first-order chi connectivity index (χ1) is 18.1. The van der Waals surface area contributed by atoms with E-state index in [-0.39, 0.29) is 5.91 Å². The van der Waals surface area contributed by atoms with E-state index < -0.39 is 0 Å². The molecule has 1 amide bonds. The van der Waals surface area contributed by atoms with E-state index in [0.717, 1.165) is 39.5 Å². The van der Waals surface area contributed by atoms with Crippen LogP contribution in [0.15, 0.2) is 97.2 Å². The highest BCUT2D eigenvalue weighted by atomic mass is 16.5. The Balaban J connectivity index is 1.43. The molecule has 0 saturated heterocycles. The van der Waals surface area contributed by atoms with Crippen molar-refractivity contribution in [3.05, 3.63) is 119 Å². The molecule has 5 rings (SSSR count). The van der Waals surface area contributed by atoms with Crippen molar-refractivity contribution in [2.24, 2.45) is 5.73 Å². The van der Waals surface area contributed by atoms with Gasteiger partial charge < -0.3 is 21.1 Å². The van der Waals surface area contributed by atoms with E-state index >= 15 is 0 Å². The van der Waals surface area contributed by atoms with Crippen molar-refractivity contribution in [2.75, 3.05) is 12.4 Å². The van der Waals surface area contributed by atoms with Crippen LogP contribution in [0.4, 0.5) is 5.82 Å². The van der Waals surface area contributed by atoms with Crippen molar-refractivity contribution in [3.63, 3.8) is 0 Å². The number of hydrogen-bond acceptors (Lipinski definition) is 5. The lowest BCUT2D eigenvalue weighted by Gasteiger charge is -2.10. The van der Waals surface area contributed by atoms with Crippen molar-refractivity contribution < 1.29 is 9.53 Å². The summed E-state index contributed by atoms with van der Waals surface area (Å²) >= 11 is 0. The zero-order chi connectivity index (χ0) is 25.6. The molecular formula is C30H29N5O2. The molecule has 0 fully saturated rings. The van der Waals surface area contributed by atoms with Gasteiger partial charge in [-0.25, -0.2) is 4.98 Å². The number of pyridine rings is 1. The zero-order valence-electron chi connectivity index (χ0n) is 20.6. The number of methoxy groups -OCH3 is 1. The second-order valence-corrected chi connectivity index (χ2v) is 8.73. The Morgan fingerprint density at radius 3 is 2.41 bits per heavy atom. The molecule has 0 bridgehead atoms. The molecule has 5 aromatic rings. The van der Waals surface area contributed by atoms with E-state index in [2.05, 4.69) is 22.8 Å². The number of imidazole rings is 1. The second kappa shape index (κ2) is 11.0. The van der Waals surface area contributed by atoms with Gasteiger partial charge in [0.25, 0.3) is 5.91 Å². The Morgan fingerprint density at radius 2 is 1.65 bits per heavy atom. The van der Waals surface area contributed by atoms with Crippen molar-refractivity contribution in [3.8, 4) is 17.0 Å². The van der Waals surface area contributed by atoms with Gasteiger partial charge in [0.1, 0.15) is 22.9 Å². The van der Waals surface area contributed by atoms with Gasteiger partial charge in [0.05, 0.1) is 7.11 Å². The van der Waals surface area contributed by atoms with Crippen molar-refractivity contribution >= 4 is 17.4 Å². The van der Waals surface area contributed by atoms with Crippen LogP contribution in [0.1, 0.15) is 27.0 Å². The minimum Gasteiger partial charge on any atom is -0.497 e. The molecule has 186 valence electrons. The number of ether oxygens (including phenoxy) is 1. The normalized spacial score (nSPS) is 10.9.